The average molecular weight is 186 g/mol. The van der Waals surface area contributed by atoms with E-state index in [2.05, 4.69) is 0 Å². The van der Waals surface area contributed by atoms with E-state index < -0.39 is 23.7 Å². The summed E-state index contributed by atoms with van der Waals surface area (Å²) in [6.07, 6.45) is -4.31. The van der Waals surface area contributed by atoms with Crippen molar-refractivity contribution in [2.45, 2.75) is 19.1 Å². The Bertz CT molecular complexity index is 159. The Kier molecular flexibility index (Phi) is 3.94. The van der Waals surface area contributed by atoms with Crippen LogP contribution in [-0.2, 0) is 0 Å². The van der Waals surface area contributed by atoms with E-state index in [1.165, 1.54) is 6.92 Å². The molecule has 1 N–H and O–H groups in total. The first-order valence-corrected chi connectivity index (χ1v) is 3.24. The fourth-order valence-electron chi connectivity index (χ4n) is 0.497. The maximum atomic E-state index is 11.5. The van der Waals surface area contributed by atoms with Crippen LogP contribution in [0, 0.1) is 10.1 Å². The van der Waals surface area contributed by atoms with E-state index in [9.17, 15) is 23.3 Å². The first kappa shape index (κ1) is 11.2. The van der Waals surface area contributed by atoms with Crippen molar-refractivity contribution in [3.8, 4) is 0 Å². The minimum Gasteiger partial charge on any atom is -0.302 e. The van der Waals surface area contributed by atoms with Gasteiger partial charge in [-0.05, 0) is 0 Å². The molecule has 0 spiro atoms. The molecule has 4 nitrogen and oxygen atoms in total. The number of nitrogens with zero attached hydrogens (tertiary/aromatic N) is 1. The molecule has 0 aliphatic carbocycles. The van der Waals surface area contributed by atoms with Crippen LogP contribution in [-0.4, -0.2) is 30.2 Å². The van der Waals surface area contributed by atoms with Gasteiger partial charge in [0.15, 0.2) is 0 Å². The Labute approximate surface area is 66.9 Å². The Morgan fingerprint density at radius 2 is 2.08 bits per heavy atom. The van der Waals surface area contributed by atoms with Crippen molar-refractivity contribution < 1.29 is 18.1 Å². The fourth-order valence-corrected chi connectivity index (χ4v) is 0.497. The van der Waals surface area contributed by atoms with E-state index in [1.807, 2.05) is 5.32 Å². The normalized spacial score (nSPS) is 14.3. The van der Waals surface area contributed by atoms with Crippen molar-refractivity contribution in [2.75, 3.05) is 13.1 Å². The Balaban J connectivity index is 3.51. The molecule has 1 unspecified atom stereocenters. The lowest BCUT2D eigenvalue weighted by molar-refractivity contribution is -0.515. The van der Waals surface area contributed by atoms with Crippen molar-refractivity contribution in [3.63, 3.8) is 0 Å². The standard InChI is InChI=1S/C5H9F3N2O2/c1-4(10(11)12)2-9-3-5(6,7)8/h4,9H,2-3H2,1H3. The molecule has 0 aromatic heterocycles. The van der Waals surface area contributed by atoms with E-state index in [1.54, 1.807) is 0 Å². The summed E-state index contributed by atoms with van der Waals surface area (Å²) < 4.78 is 34.4. The highest BCUT2D eigenvalue weighted by Gasteiger charge is 2.27. The molecule has 0 fully saturated rings. The molecule has 0 saturated heterocycles. The predicted octanol–water partition coefficient (Wildman–Crippen LogP) is 0.803. The second kappa shape index (κ2) is 4.24. The highest BCUT2D eigenvalue weighted by atomic mass is 19.4. The summed E-state index contributed by atoms with van der Waals surface area (Å²) in [5.41, 5.74) is 0. The van der Waals surface area contributed by atoms with E-state index in [4.69, 9.17) is 0 Å². The summed E-state index contributed by atoms with van der Waals surface area (Å²) >= 11 is 0. The maximum absolute atomic E-state index is 11.5. The molecule has 72 valence electrons. The van der Waals surface area contributed by atoms with Gasteiger partial charge in [0.1, 0.15) is 0 Å². The molecule has 0 saturated carbocycles. The van der Waals surface area contributed by atoms with Gasteiger partial charge in [-0.2, -0.15) is 13.2 Å². The summed E-state index contributed by atoms with van der Waals surface area (Å²) in [4.78, 5) is 9.30. The second-order valence-corrected chi connectivity index (χ2v) is 2.38. The third-order valence-corrected chi connectivity index (χ3v) is 1.13. The summed E-state index contributed by atoms with van der Waals surface area (Å²) in [6, 6.07) is -0.993. The summed E-state index contributed by atoms with van der Waals surface area (Å²) in [5, 5.41) is 11.9. The predicted molar refractivity (Wildman–Crippen MR) is 35.4 cm³/mol. The minimum absolute atomic E-state index is 0.271. The number of nitro groups is 1. The van der Waals surface area contributed by atoms with Gasteiger partial charge in [0.05, 0.1) is 13.1 Å². The SMILES string of the molecule is CC(CNCC(F)(F)F)[N+](=O)[O-]. The van der Waals surface area contributed by atoms with Gasteiger partial charge in [0, 0.05) is 11.8 Å². The number of hydrogen-bond acceptors (Lipinski definition) is 3. The zero-order chi connectivity index (χ0) is 9.78. The molecule has 0 rings (SSSR count). The van der Waals surface area contributed by atoms with Crippen molar-refractivity contribution in [2.24, 2.45) is 0 Å². The molecule has 0 aromatic rings. The van der Waals surface area contributed by atoms with Gasteiger partial charge in [-0.1, -0.05) is 0 Å². The van der Waals surface area contributed by atoms with Crippen LogP contribution in [0.3, 0.4) is 0 Å². The van der Waals surface area contributed by atoms with Gasteiger partial charge in [0.25, 0.3) is 0 Å². The first-order chi connectivity index (χ1) is 5.33. The third kappa shape index (κ3) is 5.90. The molecule has 7 heteroatoms. The molecule has 12 heavy (non-hydrogen) atoms. The van der Waals surface area contributed by atoms with Gasteiger partial charge in [-0.3, -0.25) is 10.1 Å². The van der Waals surface area contributed by atoms with Crippen LogP contribution in [0.4, 0.5) is 13.2 Å². The molecule has 0 heterocycles. The lowest BCUT2D eigenvalue weighted by atomic mass is 10.3. The van der Waals surface area contributed by atoms with Crippen LogP contribution in [0.5, 0.6) is 0 Å². The number of hydrogen-bond donors (Lipinski definition) is 1. The molecule has 1 atom stereocenters. The maximum Gasteiger partial charge on any atom is 0.401 e. The molecule has 0 aliphatic rings. The monoisotopic (exact) mass is 186 g/mol. The Morgan fingerprint density at radius 3 is 2.42 bits per heavy atom. The molecule has 0 aromatic carbocycles. The molecular formula is C5H9F3N2O2. The van der Waals surface area contributed by atoms with Crippen LogP contribution < -0.4 is 5.32 Å². The van der Waals surface area contributed by atoms with Crippen molar-refractivity contribution >= 4 is 0 Å². The molecular weight excluding hydrogens is 177 g/mol. The van der Waals surface area contributed by atoms with Gasteiger partial charge in [-0.15, -0.1) is 0 Å². The van der Waals surface area contributed by atoms with Crippen LogP contribution in [0.1, 0.15) is 6.92 Å². The van der Waals surface area contributed by atoms with Gasteiger partial charge < -0.3 is 5.32 Å². The second-order valence-electron chi connectivity index (χ2n) is 2.38. The highest BCUT2D eigenvalue weighted by Crippen LogP contribution is 2.11. The first-order valence-electron chi connectivity index (χ1n) is 3.24. The minimum atomic E-state index is -4.31. The van der Waals surface area contributed by atoms with Crippen molar-refractivity contribution in [1.29, 1.82) is 0 Å². The molecule has 0 radical (unpaired) electrons. The Morgan fingerprint density at radius 1 is 1.58 bits per heavy atom. The third-order valence-electron chi connectivity index (χ3n) is 1.13. The number of nitrogens with one attached hydrogen (secondary N) is 1. The summed E-state index contributed by atoms with van der Waals surface area (Å²) in [6.45, 7) is -0.221. The fraction of sp³-hybridized carbons (Fsp3) is 1.00. The van der Waals surface area contributed by atoms with Gasteiger partial charge >= 0.3 is 6.18 Å². The lowest BCUT2D eigenvalue weighted by Gasteiger charge is -2.08. The van der Waals surface area contributed by atoms with E-state index in [0.29, 0.717) is 0 Å². The van der Waals surface area contributed by atoms with Crippen LogP contribution in [0.15, 0.2) is 0 Å². The van der Waals surface area contributed by atoms with E-state index in [-0.39, 0.29) is 6.54 Å². The van der Waals surface area contributed by atoms with Crippen molar-refractivity contribution in [1.82, 2.24) is 5.32 Å². The zero-order valence-electron chi connectivity index (χ0n) is 6.39. The summed E-state index contributed by atoms with van der Waals surface area (Å²) in [7, 11) is 0. The highest BCUT2D eigenvalue weighted by molar-refractivity contribution is 4.58. The number of rotatable bonds is 4. The van der Waals surface area contributed by atoms with E-state index in [0.717, 1.165) is 0 Å². The molecule has 0 bridgehead atoms. The molecule has 0 amide bonds. The largest absolute Gasteiger partial charge is 0.401 e. The van der Waals surface area contributed by atoms with Crippen LogP contribution >= 0.6 is 0 Å². The topological polar surface area (TPSA) is 55.2 Å². The van der Waals surface area contributed by atoms with Crippen molar-refractivity contribution in [3.05, 3.63) is 10.1 Å². The average Bonchev–Trinajstić information content (AvgIpc) is 1.84. The smallest absolute Gasteiger partial charge is 0.302 e. The summed E-state index contributed by atoms with van der Waals surface area (Å²) in [5.74, 6) is 0. The lowest BCUT2D eigenvalue weighted by Crippen LogP contribution is -2.36. The van der Waals surface area contributed by atoms with Crippen LogP contribution in [0.25, 0.3) is 0 Å². The number of alkyl halides is 3. The Hall–Kier alpha value is -0.850. The zero-order valence-corrected chi connectivity index (χ0v) is 6.39. The van der Waals surface area contributed by atoms with Crippen LogP contribution in [0.2, 0.25) is 0 Å². The van der Waals surface area contributed by atoms with E-state index >= 15 is 0 Å². The molecule has 0 aliphatic heterocycles. The van der Waals surface area contributed by atoms with Gasteiger partial charge in [0.2, 0.25) is 6.04 Å². The quantitative estimate of drug-likeness (QED) is 0.522. The number of halogens is 3. The van der Waals surface area contributed by atoms with Gasteiger partial charge in [-0.25, -0.2) is 0 Å².